The summed E-state index contributed by atoms with van der Waals surface area (Å²) < 4.78 is 11.6. The van der Waals surface area contributed by atoms with Crippen LogP contribution in [0.5, 0.6) is 0 Å². The van der Waals surface area contributed by atoms with E-state index in [-0.39, 0.29) is 18.5 Å². The fourth-order valence-corrected chi connectivity index (χ4v) is 3.32. The number of hydrogen-bond donors (Lipinski definition) is 2. The molecule has 1 amide bonds. The molecule has 0 spiro atoms. The molecule has 2 aliphatic heterocycles. The predicted octanol–water partition coefficient (Wildman–Crippen LogP) is 2.54. The Morgan fingerprint density at radius 2 is 1.83 bits per heavy atom. The summed E-state index contributed by atoms with van der Waals surface area (Å²) in [4.78, 5) is 12.0. The lowest BCUT2D eigenvalue weighted by molar-refractivity contribution is -0.149. The molecule has 0 aromatic heterocycles. The molecule has 0 saturated carbocycles. The second kappa shape index (κ2) is 6.02. The number of nitrogens with one attached hydrogen (secondary N) is 2. The van der Waals surface area contributed by atoms with Crippen molar-refractivity contribution >= 4 is 11.6 Å². The van der Waals surface area contributed by atoms with Crippen molar-refractivity contribution in [3.8, 4) is 0 Å². The van der Waals surface area contributed by atoms with Crippen molar-refractivity contribution in [2.75, 3.05) is 25.1 Å². The monoisotopic (exact) mass is 324 g/mol. The number of anilines is 1. The molecule has 2 aromatic rings. The first-order valence-corrected chi connectivity index (χ1v) is 8.16. The molecule has 2 N–H and O–H groups in total. The highest BCUT2D eigenvalue weighted by Gasteiger charge is 2.34. The molecule has 24 heavy (non-hydrogen) atoms. The first-order valence-electron chi connectivity index (χ1n) is 8.16. The number of ether oxygens (including phenoxy) is 2. The third kappa shape index (κ3) is 2.71. The van der Waals surface area contributed by atoms with Crippen LogP contribution in [0.15, 0.2) is 48.5 Å². The molecule has 1 saturated heterocycles. The number of carbonyl (C=O) groups excluding carboxylic acids is 1. The Labute approximate surface area is 141 Å². The van der Waals surface area contributed by atoms with Gasteiger partial charge in [-0.3, -0.25) is 10.1 Å². The Bertz CT molecular complexity index is 754. The van der Waals surface area contributed by atoms with E-state index in [1.165, 1.54) is 0 Å². The molecule has 0 aliphatic carbocycles. The van der Waals surface area contributed by atoms with Crippen LogP contribution in [0.1, 0.15) is 29.7 Å². The van der Waals surface area contributed by atoms with Gasteiger partial charge in [-0.1, -0.05) is 36.4 Å². The van der Waals surface area contributed by atoms with Gasteiger partial charge in [0.05, 0.1) is 25.8 Å². The fraction of sp³-hybridized carbons (Fsp3) is 0.316. The second-order valence-electron chi connectivity index (χ2n) is 6.22. The molecular weight excluding hydrogens is 304 g/mol. The smallest absolute Gasteiger partial charge is 0.238 e. The summed E-state index contributed by atoms with van der Waals surface area (Å²) in [7, 11) is 0. The molecule has 1 atom stereocenters. The zero-order valence-corrected chi connectivity index (χ0v) is 13.5. The van der Waals surface area contributed by atoms with Crippen molar-refractivity contribution < 1.29 is 14.3 Å². The summed E-state index contributed by atoms with van der Waals surface area (Å²) in [5.74, 6) is -0.769. The molecule has 5 nitrogen and oxygen atoms in total. The number of hydrogen-bond acceptors (Lipinski definition) is 4. The standard InChI is InChI=1S/C19H20N2O3/c1-19(23-9-10-24-19)14-7-8-16-15(11-14)18(20-12-17(22)21-16)13-5-3-2-4-6-13/h2-8,11,18,20H,9-10,12H2,1H3,(H,21,22). The van der Waals surface area contributed by atoms with Gasteiger partial charge >= 0.3 is 0 Å². The van der Waals surface area contributed by atoms with Crippen molar-refractivity contribution in [1.29, 1.82) is 0 Å². The van der Waals surface area contributed by atoms with Crippen molar-refractivity contribution in [3.05, 3.63) is 65.2 Å². The van der Waals surface area contributed by atoms with E-state index in [1.54, 1.807) is 0 Å². The summed E-state index contributed by atoms with van der Waals surface area (Å²) >= 11 is 0. The minimum Gasteiger partial charge on any atom is -0.344 e. The summed E-state index contributed by atoms with van der Waals surface area (Å²) in [5.41, 5.74) is 3.91. The predicted molar refractivity (Wildman–Crippen MR) is 90.6 cm³/mol. The van der Waals surface area contributed by atoms with Crippen molar-refractivity contribution in [2.45, 2.75) is 18.8 Å². The molecule has 1 fully saturated rings. The molecule has 0 bridgehead atoms. The Morgan fingerprint density at radius 3 is 2.58 bits per heavy atom. The lowest BCUT2D eigenvalue weighted by Crippen LogP contribution is -2.28. The Morgan fingerprint density at radius 1 is 1.08 bits per heavy atom. The first-order chi connectivity index (χ1) is 11.7. The van der Waals surface area contributed by atoms with E-state index in [0.29, 0.717) is 13.2 Å². The Kier molecular flexibility index (Phi) is 3.84. The van der Waals surface area contributed by atoms with Gasteiger partial charge in [-0.15, -0.1) is 0 Å². The number of amides is 1. The van der Waals surface area contributed by atoms with Crippen LogP contribution in [-0.2, 0) is 20.1 Å². The van der Waals surface area contributed by atoms with Gasteiger partial charge in [0.1, 0.15) is 0 Å². The van der Waals surface area contributed by atoms with Gasteiger partial charge in [-0.25, -0.2) is 0 Å². The number of carbonyl (C=O) groups is 1. The molecule has 124 valence electrons. The van der Waals surface area contributed by atoms with Gasteiger partial charge in [0.15, 0.2) is 5.79 Å². The van der Waals surface area contributed by atoms with E-state index in [2.05, 4.69) is 28.8 Å². The highest BCUT2D eigenvalue weighted by atomic mass is 16.7. The molecular formula is C19H20N2O3. The number of benzene rings is 2. The Hall–Kier alpha value is -2.21. The maximum atomic E-state index is 12.0. The molecule has 1 unspecified atom stereocenters. The van der Waals surface area contributed by atoms with Crippen LogP contribution in [0.4, 0.5) is 5.69 Å². The van der Waals surface area contributed by atoms with Gasteiger partial charge < -0.3 is 14.8 Å². The molecule has 2 aliphatic rings. The lowest BCUT2D eigenvalue weighted by atomic mass is 9.94. The maximum absolute atomic E-state index is 12.0. The highest BCUT2D eigenvalue weighted by molar-refractivity contribution is 5.94. The maximum Gasteiger partial charge on any atom is 0.238 e. The summed E-state index contributed by atoms with van der Waals surface area (Å²) in [6.45, 7) is 3.38. The van der Waals surface area contributed by atoms with E-state index >= 15 is 0 Å². The van der Waals surface area contributed by atoms with Crippen LogP contribution in [0.25, 0.3) is 0 Å². The van der Waals surface area contributed by atoms with Crippen molar-refractivity contribution in [3.63, 3.8) is 0 Å². The van der Waals surface area contributed by atoms with Gasteiger partial charge in [0, 0.05) is 11.3 Å². The largest absolute Gasteiger partial charge is 0.344 e. The number of fused-ring (bicyclic) bond motifs is 1. The molecule has 2 aromatic carbocycles. The zero-order chi connectivity index (χ0) is 16.6. The summed E-state index contributed by atoms with van der Waals surface area (Å²) in [5, 5.41) is 6.31. The van der Waals surface area contributed by atoms with E-state index in [0.717, 1.165) is 22.4 Å². The summed E-state index contributed by atoms with van der Waals surface area (Å²) in [6, 6.07) is 16.0. The quantitative estimate of drug-likeness (QED) is 0.891. The summed E-state index contributed by atoms with van der Waals surface area (Å²) in [6.07, 6.45) is 0. The zero-order valence-electron chi connectivity index (χ0n) is 13.5. The topological polar surface area (TPSA) is 59.6 Å². The average molecular weight is 324 g/mol. The molecule has 0 radical (unpaired) electrons. The normalized spacial score (nSPS) is 22.5. The van der Waals surface area contributed by atoms with Crippen LogP contribution in [0.2, 0.25) is 0 Å². The van der Waals surface area contributed by atoms with Gasteiger partial charge in [0.2, 0.25) is 5.91 Å². The van der Waals surface area contributed by atoms with Gasteiger partial charge in [-0.2, -0.15) is 0 Å². The second-order valence-corrected chi connectivity index (χ2v) is 6.22. The molecule has 4 rings (SSSR count). The third-order valence-corrected chi connectivity index (χ3v) is 4.60. The molecule has 2 heterocycles. The van der Waals surface area contributed by atoms with Crippen LogP contribution in [0.3, 0.4) is 0 Å². The van der Waals surface area contributed by atoms with Crippen LogP contribution in [0, 0.1) is 0 Å². The average Bonchev–Trinajstić information content (AvgIpc) is 2.97. The third-order valence-electron chi connectivity index (χ3n) is 4.60. The number of rotatable bonds is 2. The fourth-order valence-electron chi connectivity index (χ4n) is 3.32. The van der Waals surface area contributed by atoms with Gasteiger partial charge in [0.25, 0.3) is 0 Å². The van der Waals surface area contributed by atoms with Crippen molar-refractivity contribution in [1.82, 2.24) is 5.32 Å². The van der Waals surface area contributed by atoms with E-state index < -0.39 is 5.79 Å². The van der Waals surface area contributed by atoms with Crippen molar-refractivity contribution in [2.24, 2.45) is 0 Å². The van der Waals surface area contributed by atoms with Crippen LogP contribution in [-0.4, -0.2) is 25.7 Å². The SMILES string of the molecule is CC1(c2ccc3c(c2)C(c2ccccc2)NCC(=O)N3)OCCO1. The minimum atomic E-state index is -0.730. The van der Waals surface area contributed by atoms with E-state index in [1.807, 2.05) is 37.3 Å². The van der Waals surface area contributed by atoms with Gasteiger partial charge in [-0.05, 0) is 30.2 Å². The lowest BCUT2D eigenvalue weighted by Gasteiger charge is -2.26. The molecule has 5 heteroatoms. The Balaban J connectivity index is 1.81. The minimum absolute atomic E-state index is 0.0398. The van der Waals surface area contributed by atoms with E-state index in [4.69, 9.17) is 9.47 Å². The first kappa shape index (κ1) is 15.3. The highest BCUT2D eigenvalue weighted by Crippen LogP contribution is 2.37. The van der Waals surface area contributed by atoms with Crippen LogP contribution >= 0.6 is 0 Å². The van der Waals surface area contributed by atoms with Crippen LogP contribution < -0.4 is 10.6 Å². The van der Waals surface area contributed by atoms with E-state index in [9.17, 15) is 4.79 Å².